The number of benzene rings is 2. The standard InChI is InChI=1S/C23H20N2O6/c26-22-11-16(13-25(22)18-4-2-1-3-5-18)23(27)30-14-17-12-20(31-24-17)15-6-7-19-21(10-15)29-9-8-28-19/h1-7,10,12,16H,8-9,11,13-14H2. The molecule has 31 heavy (non-hydrogen) atoms. The highest BCUT2D eigenvalue weighted by molar-refractivity contribution is 5.99. The maximum absolute atomic E-state index is 12.5. The number of aromatic nitrogens is 1. The number of carbonyl (C=O) groups excluding carboxylic acids is 2. The second-order valence-corrected chi connectivity index (χ2v) is 7.39. The fraction of sp³-hybridized carbons (Fsp3) is 0.261. The zero-order valence-electron chi connectivity index (χ0n) is 16.7. The molecule has 8 nitrogen and oxygen atoms in total. The third-order valence-electron chi connectivity index (χ3n) is 5.27. The van der Waals surface area contributed by atoms with Gasteiger partial charge in [0.2, 0.25) is 5.91 Å². The number of anilines is 1. The molecule has 1 aromatic heterocycles. The summed E-state index contributed by atoms with van der Waals surface area (Å²) in [6.07, 6.45) is 0.134. The molecule has 1 saturated heterocycles. The van der Waals surface area contributed by atoms with E-state index in [9.17, 15) is 9.59 Å². The van der Waals surface area contributed by atoms with Crippen molar-refractivity contribution in [3.05, 3.63) is 60.3 Å². The molecule has 0 bridgehead atoms. The van der Waals surface area contributed by atoms with E-state index in [2.05, 4.69) is 5.16 Å². The van der Waals surface area contributed by atoms with Gasteiger partial charge >= 0.3 is 5.97 Å². The number of nitrogens with zero attached hydrogens (tertiary/aromatic N) is 2. The van der Waals surface area contributed by atoms with Crippen molar-refractivity contribution in [2.75, 3.05) is 24.7 Å². The summed E-state index contributed by atoms with van der Waals surface area (Å²) in [5.41, 5.74) is 2.06. The van der Waals surface area contributed by atoms with Crippen LogP contribution >= 0.6 is 0 Å². The van der Waals surface area contributed by atoms with Gasteiger partial charge in [-0.15, -0.1) is 0 Å². The second-order valence-electron chi connectivity index (χ2n) is 7.39. The second kappa shape index (κ2) is 8.14. The summed E-state index contributed by atoms with van der Waals surface area (Å²) < 4.78 is 21.9. The van der Waals surface area contributed by atoms with Crippen LogP contribution in [0.2, 0.25) is 0 Å². The molecule has 0 radical (unpaired) electrons. The minimum atomic E-state index is -0.503. The van der Waals surface area contributed by atoms with Crippen LogP contribution in [0, 0.1) is 5.92 Å². The van der Waals surface area contributed by atoms with E-state index in [1.807, 2.05) is 48.5 Å². The predicted molar refractivity (Wildman–Crippen MR) is 110 cm³/mol. The van der Waals surface area contributed by atoms with Gasteiger partial charge in [-0.3, -0.25) is 9.59 Å². The van der Waals surface area contributed by atoms with Crippen LogP contribution in [-0.2, 0) is 20.9 Å². The van der Waals surface area contributed by atoms with E-state index in [1.165, 1.54) is 0 Å². The Morgan fingerprint density at radius 3 is 2.71 bits per heavy atom. The monoisotopic (exact) mass is 420 g/mol. The first-order valence-electron chi connectivity index (χ1n) is 10.0. The zero-order chi connectivity index (χ0) is 21.2. The van der Waals surface area contributed by atoms with Gasteiger partial charge in [0.25, 0.3) is 0 Å². The van der Waals surface area contributed by atoms with E-state index in [1.54, 1.807) is 11.0 Å². The lowest BCUT2D eigenvalue weighted by atomic mass is 10.1. The number of fused-ring (bicyclic) bond motifs is 1. The number of para-hydroxylation sites is 1. The van der Waals surface area contributed by atoms with Crippen LogP contribution in [0.1, 0.15) is 12.1 Å². The third-order valence-corrected chi connectivity index (χ3v) is 5.27. The van der Waals surface area contributed by atoms with Gasteiger partial charge in [0, 0.05) is 30.3 Å². The SMILES string of the molecule is O=C(OCc1cc(-c2ccc3c(c2)OCCO3)on1)C1CC(=O)N(c2ccccc2)C1. The molecule has 8 heteroatoms. The number of rotatable bonds is 5. The van der Waals surface area contributed by atoms with Gasteiger partial charge in [0.1, 0.15) is 25.5 Å². The van der Waals surface area contributed by atoms with Crippen LogP contribution < -0.4 is 14.4 Å². The number of esters is 1. The van der Waals surface area contributed by atoms with Gasteiger partial charge in [0.15, 0.2) is 17.3 Å². The van der Waals surface area contributed by atoms with Crippen LogP contribution in [0.15, 0.2) is 59.1 Å². The summed E-state index contributed by atoms with van der Waals surface area (Å²) >= 11 is 0. The van der Waals surface area contributed by atoms with Crippen molar-refractivity contribution < 1.29 is 28.3 Å². The average molecular weight is 420 g/mol. The highest BCUT2D eigenvalue weighted by atomic mass is 16.6. The first-order chi connectivity index (χ1) is 15.2. The van der Waals surface area contributed by atoms with Gasteiger partial charge in [-0.05, 0) is 30.3 Å². The number of ether oxygens (including phenoxy) is 3. The van der Waals surface area contributed by atoms with Crippen LogP contribution in [0.25, 0.3) is 11.3 Å². The molecule has 1 unspecified atom stereocenters. The molecule has 0 N–H and O–H groups in total. The van der Waals surface area contributed by atoms with Crippen molar-refractivity contribution in [3.63, 3.8) is 0 Å². The van der Waals surface area contributed by atoms with Crippen molar-refractivity contribution >= 4 is 17.6 Å². The molecule has 2 aromatic carbocycles. The summed E-state index contributed by atoms with van der Waals surface area (Å²) in [4.78, 5) is 26.4. The maximum atomic E-state index is 12.5. The summed E-state index contributed by atoms with van der Waals surface area (Å²) in [7, 11) is 0. The zero-order valence-corrected chi connectivity index (χ0v) is 16.7. The number of carbonyl (C=O) groups is 2. The summed E-state index contributed by atoms with van der Waals surface area (Å²) in [5, 5.41) is 3.98. The molecular weight excluding hydrogens is 400 g/mol. The van der Waals surface area contributed by atoms with E-state index in [0.717, 1.165) is 11.3 Å². The van der Waals surface area contributed by atoms with Crippen molar-refractivity contribution in [2.24, 2.45) is 5.92 Å². The normalized spacial score (nSPS) is 17.6. The number of hydrogen-bond donors (Lipinski definition) is 0. The van der Waals surface area contributed by atoms with Gasteiger partial charge < -0.3 is 23.6 Å². The first-order valence-corrected chi connectivity index (χ1v) is 10.0. The minimum absolute atomic E-state index is 0.0249. The van der Waals surface area contributed by atoms with Crippen LogP contribution in [0.5, 0.6) is 11.5 Å². The third kappa shape index (κ3) is 3.96. The first kappa shape index (κ1) is 19.2. The summed E-state index contributed by atoms with van der Waals surface area (Å²) in [6.45, 7) is 1.31. The molecule has 2 aliphatic heterocycles. The van der Waals surface area contributed by atoms with Crippen LogP contribution in [0.4, 0.5) is 5.69 Å². The number of hydrogen-bond acceptors (Lipinski definition) is 7. The van der Waals surface area contributed by atoms with E-state index in [0.29, 0.717) is 42.7 Å². The molecule has 0 aliphatic carbocycles. The Bertz CT molecular complexity index is 1110. The summed E-state index contributed by atoms with van der Waals surface area (Å²) in [6, 6.07) is 16.5. The maximum Gasteiger partial charge on any atom is 0.311 e. The molecule has 158 valence electrons. The van der Waals surface area contributed by atoms with Crippen molar-refractivity contribution in [1.82, 2.24) is 5.16 Å². The molecule has 3 heterocycles. The highest BCUT2D eigenvalue weighted by Crippen LogP contribution is 2.34. The molecule has 0 spiro atoms. The van der Waals surface area contributed by atoms with Gasteiger partial charge in [0.05, 0.1) is 5.92 Å². The summed E-state index contributed by atoms with van der Waals surface area (Å²) in [5.74, 6) is 0.874. The topological polar surface area (TPSA) is 91.1 Å². The lowest BCUT2D eigenvalue weighted by molar-refractivity contribution is -0.149. The Labute approximate surface area is 178 Å². The predicted octanol–water partition coefficient (Wildman–Crippen LogP) is 3.21. The Balaban J connectivity index is 1.20. The average Bonchev–Trinajstić information content (AvgIpc) is 3.44. The van der Waals surface area contributed by atoms with Crippen LogP contribution in [0.3, 0.4) is 0 Å². The Morgan fingerprint density at radius 2 is 1.87 bits per heavy atom. The lowest BCUT2D eigenvalue weighted by Gasteiger charge is -2.18. The van der Waals surface area contributed by atoms with Crippen molar-refractivity contribution in [3.8, 4) is 22.8 Å². The minimum Gasteiger partial charge on any atom is -0.486 e. The molecule has 1 amide bonds. The number of amides is 1. The van der Waals surface area contributed by atoms with Gasteiger partial charge in [-0.25, -0.2) is 0 Å². The molecule has 5 rings (SSSR count). The Kier molecular flexibility index (Phi) is 5.03. The van der Waals surface area contributed by atoms with E-state index in [-0.39, 0.29) is 18.9 Å². The van der Waals surface area contributed by atoms with E-state index < -0.39 is 11.9 Å². The van der Waals surface area contributed by atoms with E-state index in [4.69, 9.17) is 18.7 Å². The fourth-order valence-corrected chi connectivity index (χ4v) is 3.70. The molecule has 0 saturated carbocycles. The van der Waals surface area contributed by atoms with Gasteiger partial charge in [-0.2, -0.15) is 0 Å². The fourth-order valence-electron chi connectivity index (χ4n) is 3.70. The van der Waals surface area contributed by atoms with Gasteiger partial charge in [-0.1, -0.05) is 23.4 Å². The lowest BCUT2D eigenvalue weighted by Crippen LogP contribution is -2.26. The molecule has 2 aliphatic rings. The largest absolute Gasteiger partial charge is 0.486 e. The molecule has 1 fully saturated rings. The molecule has 1 atom stereocenters. The van der Waals surface area contributed by atoms with Crippen LogP contribution in [-0.4, -0.2) is 36.8 Å². The van der Waals surface area contributed by atoms with Crippen molar-refractivity contribution in [2.45, 2.75) is 13.0 Å². The Morgan fingerprint density at radius 1 is 1.06 bits per heavy atom. The molecule has 3 aromatic rings. The quantitative estimate of drug-likeness (QED) is 0.586. The smallest absolute Gasteiger partial charge is 0.311 e. The Hall–Kier alpha value is -3.81. The van der Waals surface area contributed by atoms with E-state index >= 15 is 0 Å². The van der Waals surface area contributed by atoms with Crippen molar-refractivity contribution in [1.29, 1.82) is 0 Å². The highest BCUT2D eigenvalue weighted by Gasteiger charge is 2.36. The molecular formula is C23H20N2O6.